The molecule has 3 aromatic heterocycles. The Labute approximate surface area is 699 Å². The average Bonchev–Trinajstić information content (AvgIpc) is 1.54. The number of nitrogens with one attached hydrogen (secondary N) is 4. The van der Waals surface area contributed by atoms with Crippen LogP contribution >= 0.6 is 0 Å². The smallest absolute Gasteiger partial charge is 0.407 e. The fourth-order valence-corrected chi connectivity index (χ4v) is 13.7. The Morgan fingerprint density at radius 3 is 1.24 bits per heavy atom. The Morgan fingerprint density at radius 1 is 0.455 bits per heavy atom. The van der Waals surface area contributed by atoms with Gasteiger partial charge in [-0.25, -0.2) is 18.8 Å². The van der Waals surface area contributed by atoms with Crippen LogP contribution in [0.3, 0.4) is 0 Å². The van der Waals surface area contributed by atoms with E-state index in [1.807, 2.05) is 30.3 Å². The molecule has 4 amide bonds. The van der Waals surface area contributed by atoms with Crippen LogP contribution in [0.2, 0.25) is 0 Å². The van der Waals surface area contributed by atoms with Gasteiger partial charge in [-0.3, -0.25) is 14.4 Å². The third kappa shape index (κ3) is 31.7. The summed E-state index contributed by atoms with van der Waals surface area (Å²) in [7, 11) is 0. The van der Waals surface area contributed by atoms with Gasteiger partial charge in [0.2, 0.25) is 17.7 Å². The highest BCUT2D eigenvalue weighted by atomic mass is 16.8. The summed E-state index contributed by atoms with van der Waals surface area (Å²) in [5.74, 6) is -1.09. The minimum absolute atomic E-state index is 0.0111. The number of aliphatic hydroxyl groups excluding tert-OH is 6. The van der Waals surface area contributed by atoms with E-state index in [1.165, 1.54) is 13.8 Å². The SMILES string of the molecule is CC(=O)N[C@H]1[C@H]2OC[C@](COCCOCCOCCOCCn3cc(COCC(COCc4cn(CCOCCOCCOCCOC[C@@]56CO[C@@H](O5)[C@H](NC(C)=O)[C@@H](O)[C@H]6O)nn4)(COCc4cn(CCOCCOCCOCCOC[C@]56CO[C@H](C[C@@H](O)[C@H]5O)O6)nn4)NC(=O)CCCCCNC(=O)OCc4ccccc4)nn3)(O2)[C@H](O)[C@@H]1O. The molecule has 0 saturated carbocycles. The van der Waals surface area contributed by atoms with Crippen LogP contribution in [0.5, 0.6) is 0 Å². The first kappa shape index (κ1) is 96.5. The van der Waals surface area contributed by atoms with Crippen molar-refractivity contribution in [3.05, 3.63) is 71.6 Å². The number of rotatable bonds is 65. The van der Waals surface area contributed by atoms with Crippen molar-refractivity contribution in [1.29, 1.82) is 0 Å². The summed E-state index contributed by atoms with van der Waals surface area (Å²) in [6.07, 6.45) is -3.07. The Morgan fingerprint density at radius 2 is 0.835 bits per heavy atom. The first-order valence-electron chi connectivity index (χ1n) is 40.9. The normalized spacial score (nSPS) is 25.9. The maximum Gasteiger partial charge on any atom is 0.407 e. The zero-order valence-electron chi connectivity index (χ0n) is 68.7. The summed E-state index contributed by atoms with van der Waals surface area (Å²) in [5.41, 5.74) is -2.61. The van der Waals surface area contributed by atoms with Gasteiger partial charge in [0.1, 0.15) is 88.6 Å². The lowest BCUT2D eigenvalue weighted by molar-refractivity contribution is -0.238. The molecule has 121 heavy (non-hydrogen) atoms. The van der Waals surface area contributed by atoms with Crippen molar-refractivity contribution in [2.24, 2.45) is 0 Å². The van der Waals surface area contributed by atoms with Gasteiger partial charge < -0.3 is 156 Å². The second-order valence-electron chi connectivity index (χ2n) is 29.9. The predicted octanol–water partition coefficient (Wildman–Crippen LogP) is -4.11. The molecule has 10 N–H and O–H groups in total. The third-order valence-electron chi connectivity index (χ3n) is 20.1. The monoisotopic (exact) mass is 1730 g/mol. The molecule has 1 aromatic carbocycles. The molecule has 6 bridgehead atoms. The lowest BCUT2D eigenvalue weighted by Gasteiger charge is -2.42. The minimum atomic E-state index is -1.35. The van der Waals surface area contributed by atoms with E-state index in [2.05, 4.69) is 52.2 Å². The van der Waals surface area contributed by atoms with E-state index in [9.17, 15) is 49.8 Å². The highest BCUT2D eigenvalue weighted by Gasteiger charge is 2.61. The van der Waals surface area contributed by atoms with Crippen LogP contribution in [-0.2, 0) is 165 Å². The molecule has 14 atom stereocenters. The lowest BCUT2D eigenvalue weighted by Crippen LogP contribution is -2.66. The second-order valence-corrected chi connectivity index (χ2v) is 29.9. The van der Waals surface area contributed by atoms with Gasteiger partial charge in [-0.2, -0.15) is 0 Å². The average molecular weight is 1730 g/mol. The molecule has 4 aromatic rings. The van der Waals surface area contributed by atoms with Crippen LogP contribution in [0.1, 0.15) is 68.6 Å². The number of fused-ring (bicyclic) bond motifs is 6. The molecule has 6 saturated heterocycles. The molecule has 682 valence electrons. The number of hydrogen-bond acceptors (Lipinski definition) is 38. The highest BCUT2D eigenvalue weighted by molar-refractivity contribution is 5.77. The summed E-state index contributed by atoms with van der Waals surface area (Å²) in [4.78, 5) is 49.8. The topological polar surface area (TPSA) is 533 Å². The van der Waals surface area contributed by atoms with E-state index < -0.39 is 108 Å². The van der Waals surface area contributed by atoms with Crippen molar-refractivity contribution in [2.45, 2.75) is 182 Å². The van der Waals surface area contributed by atoms with Crippen LogP contribution < -0.4 is 21.3 Å². The summed E-state index contributed by atoms with van der Waals surface area (Å²) in [5, 5.41) is 100. The Balaban J connectivity index is 0.647. The van der Waals surface area contributed by atoms with Crippen molar-refractivity contribution >= 4 is 23.8 Å². The first-order valence-corrected chi connectivity index (χ1v) is 40.9. The molecular weight excluding hydrogens is 1610 g/mol. The number of benzene rings is 1. The number of unbranched alkanes of at least 4 members (excludes halogenated alkanes) is 2. The van der Waals surface area contributed by atoms with Crippen LogP contribution in [0.15, 0.2) is 48.9 Å². The quantitative estimate of drug-likeness (QED) is 0.0188. The molecule has 45 heteroatoms. The molecule has 0 unspecified atom stereocenters. The number of ether oxygens (including phenoxy) is 22. The molecule has 0 radical (unpaired) electrons. The Hall–Kier alpha value is -6.76. The molecule has 6 fully saturated rings. The van der Waals surface area contributed by atoms with E-state index in [-0.39, 0.29) is 151 Å². The van der Waals surface area contributed by atoms with Crippen molar-refractivity contribution in [3.8, 4) is 0 Å². The predicted molar refractivity (Wildman–Crippen MR) is 409 cm³/mol. The maximum absolute atomic E-state index is 14.2. The first-order chi connectivity index (χ1) is 58.8. The van der Waals surface area contributed by atoms with Gasteiger partial charge in [0.15, 0.2) is 18.9 Å². The Kier molecular flexibility index (Phi) is 41.1. The number of amides is 4. The number of hydrogen-bond donors (Lipinski definition) is 10. The van der Waals surface area contributed by atoms with Crippen LogP contribution in [0.25, 0.3) is 0 Å². The van der Waals surface area contributed by atoms with Gasteiger partial charge in [-0.15, -0.1) is 15.3 Å². The third-order valence-corrected chi connectivity index (χ3v) is 20.1. The highest BCUT2D eigenvalue weighted by Crippen LogP contribution is 2.40. The molecule has 6 aliphatic rings. The maximum atomic E-state index is 14.2. The van der Waals surface area contributed by atoms with E-state index in [0.717, 1.165) is 5.56 Å². The molecule has 0 aliphatic carbocycles. The van der Waals surface area contributed by atoms with Crippen molar-refractivity contribution in [2.75, 3.05) is 205 Å². The van der Waals surface area contributed by atoms with Gasteiger partial charge in [0.05, 0.1) is 262 Å². The van der Waals surface area contributed by atoms with Crippen molar-refractivity contribution < 1.29 is 154 Å². The molecule has 10 rings (SSSR count). The van der Waals surface area contributed by atoms with Gasteiger partial charge in [-0.1, -0.05) is 52.4 Å². The van der Waals surface area contributed by atoms with Crippen LogP contribution in [0, 0.1) is 0 Å². The number of aromatic nitrogens is 9. The van der Waals surface area contributed by atoms with Gasteiger partial charge in [0.25, 0.3) is 0 Å². The lowest BCUT2D eigenvalue weighted by atomic mass is 9.88. The largest absolute Gasteiger partial charge is 0.445 e. The zero-order chi connectivity index (χ0) is 85.4. The molecule has 45 nitrogen and oxygen atoms in total. The molecule has 6 aliphatic heterocycles. The minimum Gasteiger partial charge on any atom is -0.445 e. The molecular formula is C76H121N13O32. The number of alkyl carbamates (subject to hydrolysis) is 1. The second kappa shape index (κ2) is 51.6. The molecule has 9 heterocycles. The van der Waals surface area contributed by atoms with Gasteiger partial charge >= 0.3 is 6.09 Å². The van der Waals surface area contributed by atoms with E-state index in [4.69, 9.17) is 104 Å². The fourth-order valence-electron chi connectivity index (χ4n) is 13.7. The standard InChI is InChI=1S/C76H121N13O32/c1-54(90)78-63-65(94)68(97)75(52-117-70(63)120-75)49-110-35-32-107-29-26-104-23-20-101-17-14-88-39-58(82-85-88)43-113-46-73(80-61(93)11-7-4-8-12-77-72(99)115-41-56-9-5-3-6-10-56,45-112-42-57-38-87(84-81-57)13-16-100-19-22-103-25-28-106-31-34-109-48-74-51-116-62(119-74)37-60(92)67(74)96)47-114-44-59-40-89(86-83-59)15-18-102-21-24-105-27-30-108-33-36-111-50-76-53-118-71(121-76)64(79-55(2)91)66(95)69(76)98/h3,5-6,9-10,38-40,60,62-71,92,94-98H,4,7-8,11-37,41-53H2,1-2H3,(H,77,99)(H,78,90)(H,79,91)(H,80,93)/t60-,62+,63-,64-,65-,66-,67-,68-,69-,70+,71+,74+,75+,76+/m1/s1. The van der Waals surface area contributed by atoms with E-state index in [0.29, 0.717) is 155 Å². The van der Waals surface area contributed by atoms with E-state index in [1.54, 1.807) is 32.6 Å². The summed E-state index contributed by atoms with van der Waals surface area (Å²) >= 11 is 0. The Bertz CT molecular complexity index is 3470. The number of nitrogens with zero attached hydrogens (tertiary/aromatic N) is 9. The van der Waals surface area contributed by atoms with Crippen molar-refractivity contribution in [1.82, 2.24) is 66.2 Å². The zero-order valence-corrected chi connectivity index (χ0v) is 68.7. The summed E-state index contributed by atoms with van der Waals surface area (Å²) < 4.78 is 132. The van der Waals surface area contributed by atoms with Crippen molar-refractivity contribution in [3.63, 3.8) is 0 Å². The number of aliphatic hydroxyl groups is 6. The molecule has 0 spiro atoms. The van der Waals surface area contributed by atoms with Gasteiger partial charge in [-0.05, 0) is 18.4 Å². The van der Waals surface area contributed by atoms with E-state index >= 15 is 0 Å². The number of carbonyl (C=O) groups excluding carboxylic acids is 4. The van der Waals surface area contributed by atoms with Crippen LogP contribution in [-0.4, -0.2) is 394 Å². The van der Waals surface area contributed by atoms with Crippen LogP contribution in [0.4, 0.5) is 4.79 Å². The summed E-state index contributed by atoms with van der Waals surface area (Å²) in [6.45, 7) is 9.82. The number of carbonyl (C=O) groups is 4. The van der Waals surface area contributed by atoms with Gasteiger partial charge in [0, 0.05) is 33.2 Å². The fraction of sp³-hybridized carbons (Fsp3) is 0.789. The summed E-state index contributed by atoms with van der Waals surface area (Å²) in [6, 6.07) is 7.53.